The van der Waals surface area contributed by atoms with Gasteiger partial charge in [-0.05, 0) is 30.7 Å². The van der Waals surface area contributed by atoms with Gasteiger partial charge in [0.15, 0.2) is 6.61 Å². The summed E-state index contributed by atoms with van der Waals surface area (Å²) in [5.41, 5.74) is 1.43. The quantitative estimate of drug-likeness (QED) is 0.886. The number of furan rings is 1. The van der Waals surface area contributed by atoms with Crippen molar-refractivity contribution in [1.82, 2.24) is 4.90 Å². The summed E-state index contributed by atoms with van der Waals surface area (Å²) in [7, 11) is 1.71. The first-order valence-corrected chi connectivity index (χ1v) is 6.70. The van der Waals surface area contributed by atoms with Gasteiger partial charge in [0, 0.05) is 13.6 Å². The maximum atomic E-state index is 12.2. The van der Waals surface area contributed by atoms with E-state index < -0.39 is 5.97 Å². The summed E-state index contributed by atoms with van der Waals surface area (Å²) in [6.45, 7) is 1.84. The molecule has 0 saturated heterocycles. The van der Waals surface area contributed by atoms with Crippen LogP contribution in [0.15, 0.2) is 41.0 Å². The highest BCUT2D eigenvalue weighted by molar-refractivity contribution is 5.93. The van der Waals surface area contributed by atoms with Crippen molar-refractivity contribution in [2.45, 2.75) is 13.5 Å². The Kier molecular flexibility index (Phi) is 4.83. The first kappa shape index (κ1) is 15.6. The van der Waals surface area contributed by atoms with Gasteiger partial charge >= 0.3 is 5.97 Å². The van der Waals surface area contributed by atoms with Crippen LogP contribution >= 0.6 is 0 Å². The molecule has 2 aromatic rings. The number of carbonyl (C=O) groups excluding carboxylic acids is 1. The Bertz CT molecular complexity index is 659. The average Bonchev–Trinajstić information content (AvgIpc) is 2.92. The van der Waals surface area contributed by atoms with Gasteiger partial charge in [0.2, 0.25) is 0 Å². The van der Waals surface area contributed by atoms with Gasteiger partial charge in [-0.3, -0.25) is 4.79 Å². The van der Waals surface area contributed by atoms with E-state index in [1.807, 2.05) is 0 Å². The summed E-state index contributed by atoms with van der Waals surface area (Å²) in [5, 5.41) is 8.54. The zero-order chi connectivity index (χ0) is 16.1. The third-order valence-electron chi connectivity index (χ3n) is 3.03. The number of hydrogen-bond donors (Lipinski definition) is 1. The topological polar surface area (TPSA) is 80.0 Å². The van der Waals surface area contributed by atoms with Crippen LogP contribution in [0, 0.1) is 6.92 Å². The number of ether oxygens (including phenoxy) is 1. The number of hydrogen-bond acceptors (Lipinski definition) is 4. The number of carbonyl (C=O) groups is 2. The number of benzene rings is 1. The smallest absolute Gasteiger partial charge is 0.341 e. The third kappa shape index (κ3) is 4.12. The van der Waals surface area contributed by atoms with Crippen LogP contribution in [-0.4, -0.2) is 35.5 Å². The van der Waals surface area contributed by atoms with Crippen LogP contribution in [0.3, 0.4) is 0 Å². The predicted molar refractivity (Wildman–Crippen MR) is 78.8 cm³/mol. The van der Waals surface area contributed by atoms with Gasteiger partial charge < -0.3 is 19.2 Å². The third-order valence-corrected chi connectivity index (χ3v) is 3.03. The molecule has 1 aromatic carbocycles. The fraction of sp³-hybridized carbons (Fsp3) is 0.250. The van der Waals surface area contributed by atoms with Crippen molar-refractivity contribution in [2.75, 3.05) is 13.7 Å². The number of aliphatic carboxylic acids is 1. The molecule has 0 unspecified atom stereocenters. The largest absolute Gasteiger partial charge is 0.482 e. The summed E-state index contributed by atoms with van der Waals surface area (Å²) in [4.78, 5) is 24.2. The first-order chi connectivity index (χ1) is 10.5. The highest BCUT2D eigenvalue weighted by atomic mass is 16.5. The monoisotopic (exact) mass is 303 g/mol. The van der Waals surface area contributed by atoms with Crippen LogP contribution in [0.25, 0.3) is 0 Å². The molecule has 6 nitrogen and oxygen atoms in total. The van der Waals surface area contributed by atoms with Crippen molar-refractivity contribution >= 4 is 11.9 Å². The number of amides is 1. The normalized spacial score (nSPS) is 10.3. The number of aryl methyl sites for hydroxylation is 1. The molecule has 0 atom stereocenters. The van der Waals surface area contributed by atoms with Gasteiger partial charge in [-0.25, -0.2) is 4.79 Å². The van der Waals surface area contributed by atoms with Gasteiger partial charge in [-0.15, -0.1) is 0 Å². The molecule has 0 aliphatic carbocycles. The highest BCUT2D eigenvalue weighted by Crippen LogP contribution is 2.15. The lowest BCUT2D eigenvalue weighted by molar-refractivity contribution is -0.139. The Morgan fingerprint density at radius 2 is 1.95 bits per heavy atom. The van der Waals surface area contributed by atoms with Crippen molar-refractivity contribution in [3.8, 4) is 5.75 Å². The Morgan fingerprint density at radius 1 is 1.27 bits per heavy atom. The van der Waals surface area contributed by atoms with Gasteiger partial charge in [0.25, 0.3) is 5.91 Å². The molecule has 2 rings (SSSR count). The molecule has 0 bridgehead atoms. The van der Waals surface area contributed by atoms with Crippen LogP contribution in [-0.2, 0) is 11.3 Å². The number of carboxylic acid groups (broad SMARTS) is 1. The predicted octanol–water partition coefficient (Wildman–Crippen LogP) is 2.32. The summed E-state index contributed by atoms with van der Waals surface area (Å²) >= 11 is 0. The van der Waals surface area contributed by atoms with Crippen molar-refractivity contribution in [3.63, 3.8) is 0 Å². The van der Waals surface area contributed by atoms with E-state index in [1.165, 1.54) is 6.26 Å². The fourth-order valence-electron chi connectivity index (χ4n) is 1.96. The Balaban J connectivity index is 1.95. The van der Waals surface area contributed by atoms with Gasteiger partial charge in [-0.1, -0.05) is 12.1 Å². The second-order valence-corrected chi connectivity index (χ2v) is 4.93. The maximum absolute atomic E-state index is 12.2. The molecular weight excluding hydrogens is 286 g/mol. The van der Waals surface area contributed by atoms with Crippen LogP contribution in [0.2, 0.25) is 0 Å². The zero-order valence-electron chi connectivity index (χ0n) is 12.4. The molecule has 116 valence electrons. The molecule has 6 heteroatoms. The number of rotatable bonds is 6. The van der Waals surface area contributed by atoms with Crippen LogP contribution in [0.4, 0.5) is 0 Å². The first-order valence-electron chi connectivity index (χ1n) is 6.70. The van der Waals surface area contributed by atoms with Crippen LogP contribution < -0.4 is 4.74 Å². The minimum atomic E-state index is -1.02. The van der Waals surface area contributed by atoms with Crippen molar-refractivity contribution in [2.24, 2.45) is 0 Å². The fourth-order valence-corrected chi connectivity index (χ4v) is 1.96. The van der Waals surface area contributed by atoms with E-state index in [-0.39, 0.29) is 12.5 Å². The average molecular weight is 303 g/mol. The Morgan fingerprint density at radius 3 is 2.50 bits per heavy atom. The number of nitrogens with zero attached hydrogens (tertiary/aromatic N) is 1. The molecule has 0 fully saturated rings. The SMILES string of the molecule is Cc1cc(C(=O)N(C)Cc2ccc(OCC(=O)O)cc2)co1. The van der Waals surface area contributed by atoms with Gasteiger partial charge in [-0.2, -0.15) is 0 Å². The van der Waals surface area contributed by atoms with Crippen LogP contribution in [0.5, 0.6) is 5.75 Å². The lowest BCUT2D eigenvalue weighted by Gasteiger charge is -2.16. The minimum absolute atomic E-state index is 0.122. The standard InChI is InChI=1S/C16H17NO5/c1-11-7-13(9-21-11)16(20)17(2)8-12-3-5-14(6-4-12)22-10-15(18)19/h3-7,9H,8,10H2,1-2H3,(H,18,19). The van der Waals surface area contributed by atoms with E-state index in [9.17, 15) is 9.59 Å². The molecule has 0 saturated carbocycles. The minimum Gasteiger partial charge on any atom is -0.482 e. The molecule has 1 N–H and O–H groups in total. The lowest BCUT2D eigenvalue weighted by Crippen LogP contribution is -2.25. The summed E-state index contributed by atoms with van der Waals surface area (Å²) in [6, 6.07) is 8.64. The van der Waals surface area contributed by atoms with E-state index in [4.69, 9.17) is 14.3 Å². The number of carboxylic acids is 1. The second kappa shape index (κ2) is 6.80. The maximum Gasteiger partial charge on any atom is 0.341 e. The molecule has 1 amide bonds. The van der Waals surface area contributed by atoms with Gasteiger partial charge in [0.1, 0.15) is 17.8 Å². The molecule has 0 radical (unpaired) electrons. The van der Waals surface area contributed by atoms with E-state index in [1.54, 1.807) is 49.2 Å². The molecule has 1 heterocycles. The van der Waals surface area contributed by atoms with E-state index in [0.29, 0.717) is 23.6 Å². The summed E-state index contributed by atoms with van der Waals surface area (Å²) in [6.07, 6.45) is 1.44. The second-order valence-electron chi connectivity index (χ2n) is 4.93. The van der Waals surface area contributed by atoms with Crippen LogP contribution in [0.1, 0.15) is 21.7 Å². The molecule has 0 aliphatic rings. The highest BCUT2D eigenvalue weighted by Gasteiger charge is 2.14. The molecule has 1 aromatic heterocycles. The molecule has 0 spiro atoms. The van der Waals surface area contributed by atoms with Crippen molar-refractivity contribution in [1.29, 1.82) is 0 Å². The molecule has 22 heavy (non-hydrogen) atoms. The van der Waals surface area contributed by atoms with E-state index >= 15 is 0 Å². The van der Waals surface area contributed by atoms with Gasteiger partial charge in [0.05, 0.1) is 5.56 Å². The van der Waals surface area contributed by atoms with E-state index in [2.05, 4.69) is 0 Å². The van der Waals surface area contributed by atoms with Crippen molar-refractivity contribution in [3.05, 3.63) is 53.5 Å². The molecular formula is C16H17NO5. The summed E-state index contributed by atoms with van der Waals surface area (Å²) in [5.74, 6) is 0.0233. The lowest BCUT2D eigenvalue weighted by atomic mass is 10.2. The van der Waals surface area contributed by atoms with Crippen molar-refractivity contribution < 1.29 is 23.8 Å². The zero-order valence-corrected chi connectivity index (χ0v) is 12.4. The Labute approximate surface area is 127 Å². The Hall–Kier alpha value is -2.76. The molecule has 0 aliphatic heterocycles. The van der Waals surface area contributed by atoms with E-state index in [0.717, 1.165) is 5.56 Å². The summed E-state index contributed by atoms with van der Waals surface area (Å²) < 4.78 is 10.2.